The summed E-state index contributed by atoms with van der Waals surface area (Å²) in [7, 11) is 1.71. The largest absolute Gasteiger partial charge is 0.465 e. The van der Waals surface area contributed by atoms with Crippen molar-refractivity contribution in [2.75, 3.05) is 13.7 Å². The summed E-state index contributed by atoms with van der Waals surface area (Å²) in [5.41, 5.74) is 0. The van der Waals surface area contributed by atoms with Gasteiger partial charge in [-0.2, -0.15) is 5.10 Å². The van der Waals surface area contributed by atoms with E-state index in [-0.39, 0.29) is 12.0 Å². The highest BCUT2D eigenvalue weighted by Gasteiger charge is 2.17. The number of hydrogen-bond acceptors (Lipinski definition) is 5. The van der Waals surface area contributed by atoms with E-state index in [1.54, 1.807) is 25.0 Å². The number of rotatable bonds is 5. The van der Waals surface area contributed by atoms with E-state index in [2.05, 4.69) is 15.4 Å². The van der Waals surface area contributed by atoms with E-state index in [1.807, 2.05) is 0 Å². The maximum Gasteiger partial charge on any atom is 0.325 e. The summed E-state index contributed by atoms with van der Waals surface area (Å²) < 4.78 is 6.46. The van der Waals surface area contributed by atoms with E-state index < -0.39 is 0 Å². The molecule has 0 bridgehead atoms. The molecule has 1 heterocycles. The molecule has 0 spiro atoms. The van der Waals surface area contributed by atoms with E-state index in [9.17, 15) is 4.79 Å². The first-order valence-corrected chi connectivity index (χ1v) is 4.44. The summed E-state index contributed by atoms with van der Waals surface area (Å²) >= 11 is 0. The Morgan fingerprint density at radius 2 is 2.50 bits per heavy atom. The van der Waals surface area contributed by atoms with Gasteiger partial charge in [0.05, 0.1) is 13.2 Å². The SMILES string of the molecule is CCOC(=O)C(Cn1cncn1)NC. The molecule has 1 rings (SSSR count). The van der Waals surface area contributed by atoms with Crippen LogP contribution in [0.25, 0.3) is 0 Å². The number of carbonyl (C=O) groups is 1. The molecule has 14 heavy (non-hydrogen) atoms. The fraction of sp³-hybridized carbons (Fsp3) is 0.625. The lowest BCUT2D eigenvalue weighted by atomic mass is 10.3. The van der Waals surface area contributed by atoms with Gasteiger partial charge >= 0.3 is 5.97 Å². The molecule has 0 amide bonds. The van der Waals surface area contributed by atoms with Gasteiger partial charge < -0.3 is 10.1 Å². The minimum Gasteiger partial charge on any atom is -0.465 e. The van der Waals surface area contributed by atoms with E-state index in [0.717, 1.165) is 0 Å². The predicted octanol–water partition coefficient (Wildman–Crippen LogP) is -0.571. The van der Waals surface area contributed by atoms with E-state index in [1.165, 1.54) is 6.33 Å². The van der Waals surface area contributed by atoms with Crippen LogP contribution >= 0.6 is 0 Å². The molecule has 0 aliphatic carbocycles. The lowest BCUT2D eigenvalue weighted by Gasteiger charge is -2.13. The molecule has 1 aromatic heterocycles. The third-order valence-electron chi connectivity index (χ3n) is 1.76. The Bertz CT molecular complexity index is 273. The van der Waals surface area contributed by atoms with Crippen LogP contribution in [0.3, 0.4) is 0 Å². The first-order valence-electron chi connectivity index (χ1n) is 4.44. The summed E-state index contributed by atoms with van der Waals surface area (Å²) in [6.07, 6.45) is 2.99. The Morgan fingerprint density at radius 3 is 3.00 bits per heavy atom. The first-order chi connectivity index (χ1) is 6.77. The lowest BCUT2D eigenvalue weighted by Crippen LogP contribution is -2.39. The number of nitrogens with zero attached hydrogens (tertiary/aromatic N) is 3. The van der Waals surface area contributed by atoms with Gasteiger partial charge in [-0.05, 0) is 14.0 Å². The van der Waals surface area contributed by atoms with Gasteiger partial charge in [0.2, 0.25) is 0 Å². The highest BCUT2D eigenvalue weighted by molar-refractivity contribution is 5.75. The maximum absolute atomic E-state index is 11.4. The summed E-state index contributed by atoms with van der Waals surface area (Å²) in [6, 6.07) is -0.378. The van der Waals surface area contributed by atoms with Crippen molar-refractivity contribution in [3.8, 4) is 0 Å². The number of ether oxygens (including phenoxy) is 1. The number of nitrogens with one attached hydrogen (secondary N) is 1. The molecule has 1 unspecified atom stereocenters. The van der Waals surface area contributed by atoms with Crippen LogP contribution in [0.5, 0.6) is 0 Å². The second kappa shape index (κ2) is 5.33. The molecule has 0 radical (unpaired) electrons. The number of esters is 1. The fourth-order valence-corrected chi connectivity index (χ4v) is 1.04. The minimum absolute atomic E-state index is 0.273. The second-order valence-corrected chi connectivity index (χ2v) is 2.71. The standard InChI is InChI=1S/C8H14N4O2/c1-3-14-8(13)7(9-2)4-12-6-10-5-11-12/h5-7,9H,3-4H2,1-2H3. The van der Waals surface area contributed by atoms with Crippen molar-refractivity contribution in [3.05, 3.63) is 12.7 Å². The molecular formula is C8H14N4O2. The zero-order chi connectivity index (χ0) is 10.4. The quantitative estimate of drug-likeness (QED) is 0.642. The highest BCUT2D eigenvalue weighted by Crippen LogP contribution is 1.93. The van der Waals surface area contributed by atoms with Crippen molar-refractivity contribution in [2.45, 2.75) is 19.5 Å². The van der Waals surface area contributed by atoms with Crippen LogP contribution in [-0.2, 0) is 16.1 Å². The monoisotopic (exact) mass is 198 g/mol. The van der Waals surface area contributed by atoms with Crippen molar-refractivity contribution in [3.63, 3.8) is 0 Å². The van der Waals surface area contributed by atoms with Crippen LogP contribution in [-0.4, -0.2) is 40.4 Å². The van der Waals surface area contributed by atoms with Gasteiger partial charge in [-0.3, -0.25) is 9.48 Å². The summed E-state index contributed by atoms with van der Waals surface area (Å²) in [5, 5.41) is 6.77. The van der Waals surface area contributed by atoms with Crippen molar-refractivity contribution >= 4 is 5.97 Å². The van der Waals surface area contributed by atoms with Gasteiger partial charge in [0.25, 0.3) is 0 Å². The van der Waals surface area contributed by atoms with E-state index >= 15 is 0 Å². The van der Waals surface area contributed by atoms with Crippen LogP contribution in [0.4, 0.5) is 0 Å². The van der Waals surface area contributed by atoms with Gasteiger partial charge in [0, 0.05) is 0 Å². The second-order valence-electron chi connectivity index (χ2n) is 2.71. The molecular weight excluding hydrogens is 184 g/mol. The van der Waals surface area contributed by atoms with Gasteiger partial charge in [-0.1, -0.05) is 0 Å². The van der Waals surface area contributed by atoms with Crippen molar-refractivity contribution < 1.29 is 9.53 Å². The first kappa shape index (κ1) is 10.6. The lowest BCUT2D eigenvalue weighted by molar-refractivity contribution is -0.145. The smallest absolute Gasteiger partial charge is 0.325 e. The number of carbonyl (C=O) groups excluding carboxylic acids is 1. The topological polar surface area (TPSA) is 69.0 Å². The van der Waals surface area contributed by atoms with E-state index in [0.29, 0.717) is 13.2 Å². The predicted molar refractivity (Wildman–Crippen MR) is 49.5 cm³/mol. The third-order valence-corrected chi connectivity index (χ3v) is 1.76. The number of aromatic nitrogens is 3. The zero-order valence-corrected chi connectivity index (χ0v) is 8.30. The molecule has 6 nitrogen and oxygen atoms in total. The van der Waals surface area contributed by atoms with E-state index in [4.69, 9.17) is 4.74 Å². The van der Waals surface area contributed by atoms with Gasteiger partial charge in [-0.25, -0.2) is 4.98 Å². The molecule has 1 atom stereocenters. The molecule has 0 saturated carbocycles. The molecule has 0 saturated heterocycles. The Balaban J connectivity index is 2.50. The molecule has 6 heteroatoms. The maximum atomic E-state index is 11.4. The van der Waals surface area contributed by atoms with Crippen molar-refractivity contribution in [1.82, 2.24) is 20.1 Å². The van der Waals surface area contributed by atoms with Crippen molar-refractivity contribution in [2.24, 2.45) is 0 Å². The van der Waals surface area contributed by atoms with Crippen LogP contribution in [0.1, 0.15) is 6.92 Å². The summed E-state index contributed by atoms with van der Waals surface area (Å²) in [6.45, 7) is 2.59. The Hall–Kier alpha value is -1.43. The summed E-state index contributed by atoms with van der Waals surface area (Å²) in [5.74, 6) is -0.273. The fourth-order valence-electron chi connectivity index (χ4n) is 1.04. The average molecular weight is 198 g/mol. The number of hydrogen-bond donors (Lipinski definition) is 1. The van der Waals surface area contributed by atoms with Crippen LogP contribution in [0, 0.1) is 0 Å². The normalized spacial score (nSPS) is 12.4. The number of likely N-dealkylation sites (N-methyl/N-ethyl adjacent to an activating group) is 1. The minimum atomic E-state index is -0.378. The average Bonchev–Trinajstić information content (AvgIpc) is 2.66. The molecule has 0 aromatic carbocycles. The molecule has 78 valence electrons. The molecule has 0 fully saturated rings. The summed E-state index contributed by atoms with van der Waals surface area (Å²) in [4.78, 5) is 15.1. The highest BCUT2D eigenvalue weighted by atomic mass is 16.5. The Kier molecular flexibility index (Phi) is 4.06. The molecule has 1 N–H and O–H groups in total. The van der Waals surface area contributed by atoms with Crippen LogP contribution in [0.15, 0.2) is 12.7 Å². The van der Waals surface area contributed by atoms with Gasteiger partial charge in [0.1, 0.15) is 18.7 Å². The van der Waals surface area contributed by atoms with Gasteiger partial charge in [-0.15, -0.1) is 0 Å². The molecule has 0 aliphatic heterocycles. The zero-order valence-electron chi connectivity index (χ0n) is 8.30. The Morgan fingerprint density at radius 1 is 1.71 bits per heavy atom. The third kappa shape index (κ3) is 2.81. The Labute approximate surface area is 82.3 Å². The van der Waals surface area contributed by atoms with Crippen LogP contribution in [0.2, 0.25) is 0 Å². The van der Waals surface area contributed by atoms with Gasteiger partial charge in [0.15, 0.2) is 0 Å². The van der Waals surface area contributed by atoms with Crippen molar-refractivity contribution in [1.29, 1.82) is 0 Å². The molecule has 1 aromatic rings. The molecule has 0 aliphatic rings. The van der Waals surface area contributed by atoms with Crippen LogP contribution < -0.4 is 5.32 Å².